The van der Waals surface area contributed by atoms with E-state index in [1.807, 2.05) is 31.0 Å². The maximum absolute atomic E-state index is 12.6. The van der Waals surface area contributed by atoms with Gasteiger partial charge >= 0.3 is 0 Å². The molecule has 7 nitrogen and oxygen atoms in total. The molecule has 3 aromatic rings. The number of hydrogen-bond donors (Lipinski definition) is 1. The Morgan fingerprint density at radius 3 is 2.38 bits per heavy atom. The van der Waals surface area contributed by atoms with Crippen molar-refractivity contribution in [1.29, 1.82) is 0 Å². The topological polar surface area (TPSA) is 88.1 Å². The number of hydrogen-bond acceptors (Lipinski definition) is 6. The molecule has 1 N–H and O–H groups in total. The van der Waals surface area contributed by atoms with Gasteiger partial charge in [-0.2, -0.15) is 0 Å². The zero-order valence-corrected chi connectivity index (χ0v) is 16.7. The van der Waals surface area contributed by atoms with Crippen molar-refractivity contribution in [3.63, 3.8) is 0 Å². The van der Waals surface area contributed by atoms with Crippen LogP contribution in [0.4, 0.5) is 11.6 Å². The summed E-state index contributed by atoms with van der Waals surface area (Å²) in [4.78, 5) is 38.8. The van der Waals surface area contributed by atoms with E-state index < -0.39 is 0 Å². The largest absolute Gasteiger partial charge is 0.344 e. The number of nitrogens with one attached hydrogen (secondary N) is 1. The van der Waals surface area contributed by atoms with Crippen molar-refractivity contribution in [1.82, 2.24) is 15.0 Å². The molecule has 0 saturated heterocycles. The second-order valence-corrected chi connectivity index (χ2v) is 6.81. The van der Waals surface area contributed by atoms with Gasteiger partial charge in [0.15, 0.2) is 5.78 Å². The fraction of sp³-hybridized carbons (Fsp3) is 0.227. The Morgan fingerprint density at radius 1 is 1.03 bits per heavy atom. The van der Waals surface area contributed by atoms with Crippen LogP contribution in [0, 0.1) is 6.92 Å². The number of pyridine rings is 1. The Bertz CT molecular complexity index is 1000. The number of carbonyl (C=O) groups is 2. The summed E-state index contributed by atoms with van der Waals surface area (Å²) in [6, 6.07) is 12.4. The predicted molar refractivity (Wildman–Crippen MR) is 112 cm³/mol. The minimum atomic E-state index is -0.324. The summed E-state index contributed by atoms with van der Waals surface area (Å²) in [5, 5.41) is 2.81. The van der Waals surface area contributed by atoms with Gasteiger partial charge < -0.3 is 10.2 Å². The highest BCUT2D eigenvalue weighted by Gasteiger charge is 2.14. The molecule has 2 heterocycles. The summed E-state index contributed by atoms with van der Waals surface area (Å²) in [5.41, 5.74) is 3.37. The number of aromatic nitrogens is 3. The molecule has 0 fully saturated rings. The number of amides is 1. The summed E-state index contributed by atoms with van der Waals surface area (Å²) in [7, 11) is 1.90. The first-order valence-corrected chi connectivity index (χ1v) is 9.30. The van der Waals surface area contributed by atoms with Crippen LogP contribution in [0.2, 0.25) is 0 Å². The van der Waals surface area contributed by atoms with Crippen molar-refractivity contribution in [2.75, 3.05) is 23.8 Å². The van der Waals surface area contributed by atoms with Gasteiger partial charge in [0.1, 0.15) is 5.69 Å². The van der Waals surface area contributed by atoms with Gasteiger partial charge in [-0.1, -0.05) is 0 Å². The third-order valence-electron chi connectivity index (χ3n) is 4.45. The fourth-order valence-corrected chi connectivity index (χ4v) is 2.77. The van der Waals surface area contributed by atoms with Gasteiger partial charge in [0, 0.05) is 42.9 Å². The third kappa shape index (κ3) is 5.44. The molecule has 0 saturated carbocycles. The maximum atomic E-state index is 12.6. The number of benzene rings is 1. The Balaban J connectivity index is 1.70. The number of rotatable bonds is 7. The Labute approximate surface area is 169 Å². The predicted octanol–water partition coefficient (Wildman–Crippen LogP) is 3.31. The lowest BCUT2D eigenvalue weighted by Gasteiger charge is -2.18. The highest BCUT2D eigenvalue weighted by atomic mass is 16.2. The van der Waals surface area contributed by atoms with E-state index in [1.54, 1.807) is 42.7 Å². The van der Waals surface area contributed by atoms with Crippen LogP contribution < -0.4 is 10.2 Å². The molecular weight excluding hydrogens is 366 g/mol. The molecule has 0 unspecified atom stereocenters. The molecule has 29 heavy (non-hydrogen) atoms. The second-order valence-electron chi connectivity index (χ2n) is 6.81. The Morgan fingerprint density at radius 2 is 1.72 bits per heavy atom. The van der Waals surface area contributed by atoms with Crippen molar-refractivity contribution in [3.05, 3.63) is 77.4 Å². The first kappa shape index (κ1) is 20.1. The molecule has 0 aliphatic carbocycles. The molecule has 0 atom stereocenters. The summed E-state index contributed by atoms with van der Waals surface area (Å²) >= 11 is 0. The molecule has 3 rings (SSSR count). The molecule has 7 heteroatoms. The van der Waals surface area contributed by atoms with Crippen LogP contribution in [-0.4, -0.2) is 40.2 Å². The normalized spacial score (nSPS) is 10.4. The first-order chi connectivity index (χ1) is 13.9. The van der Waals surface area contributed by atoms with Crippen molar-refractivity contribution < 1.29 is 9.59 Å². The van der Waals surface area contributed by atoms with Crippen LogP contribution in [-0.2, 0) is 6.42 Å². The molecule has 2 aromatic heterocycles. The molecule has 0 spiro atoms. The maximum Gasteiger partial charge on any atom is 0.274 e. The molecule has 148 valence electrons. The van der Waals surface area contributed by atoms with Gasteiger partial charge in [-0.05, 0) is 68.3 Å². The summed E-state index contributed by atoms with van der Waals surface area (Å²) in [6.45, 7) is 4.05. The van der Waals surface area contributed by atoms with Crippen LogP contribution in [0.1, 0.15) is 39.0 Å². The van der Waals surface area contributed by atoms with Crippen LogP contribution in [0.15, 0.2) is 54.9 Å². The van der Waals surface area contributed by atoms with Crippen LogP contribution in [0.25, 0.3) is 0 Å². The lowest BCUT2D eigenvalue weighted by Crippen LogP contribution is -2.24. The highest BCUT2D eigenvalue weighted by Crippen LogP contribution is 2.14. The first-order valence-electron chi connectivity index (χ1n) is 9.30. The van der Waals surface area contributed by atoms with E-state index in [-0.39, 0.29) is 11.7 Å². The van der Waals surface area contributed by atoms with Gasteiger partial charge in [0.05, 0.1) is 0 Å². The Kier molecular flexibility index (Phi) is 6.29. The fourth-order valence-electron chi connectivity index (χ4n) is 2.77. The van der Waals surface area contributed by atoms with Crippen LogP contribution in [0.3, 0.4) is 0 Å². The molecular formula is C22H23N5O2. The van der Waals surface area contributed by atoms with E-state index in [1.165, 1.54) is 12.5 Å². The SMILES string of the molecule is CC(=O)c1ccc(NC(=O)c2cc(C)nc(N(C)CCc3ccncc3)n2)cc1. The number of ketones is 1. The summed E-state index contributed by atoms with van der Waals surface area (Å²) in [6.07, 6.45) is 4.36. The standard InChI is InChI=1S/C22H23N5O2/c1-15-14-20(21(29)25-19-6-4-18(5-7-19)16(2)28)26-22(24-15)27(3)13-10-17-8-11-23-12-9-17/h4-9,11-12,14H,10,13H2,1-3H3,(H,25,29). The summed E-state index contributed by atoms with van der Waals surface area (Å²) in [5.74, 6) is 0.153. The van der Waals surface area contributed by atoms with Gasteiger partial charge in [-0.3, -0.25) is 14.6 Å². The van der Waals surface area contributed by atoms with Gasteiger partial charge in [-0.25, -0.2) is 9.97 Å². The van der Waals surface area contributed by atoms with Crippen LogP contribution >= 0.6 is 0 Å². The molecule has 0 aliphatic rings. The van der Waals surface area contributed by atoms with E-state index in [9.17, 15) is 9.59 Å². The van der Waals surface area contributed by atoms with E-state index in [2.05, 4.69) is 20.3 Å². The zero-order chi connectivity index (χ0) is 20.8. The van der Waals surface area contributed by atoms with Crippen molar-refractivity contribution in [2.45, 2.75) is 20.3 Å². The lowest BCUT2D eigenvalue weighted by atomic mass is 10.1. The van der Waals surface area contributed by atoms with E-state index >= 15 is 0 Å². The molecule has 1 amide bonds. The molecule has 0 radical (unpaired) electrons. The second kappa shape index (κ2) is 9.05. The van der Waals surface area contributed by atoms with E-state index in [4.69, 9.17) is 0 Å². The average Bonchev–Trinajstić information content (AvgIpc) is 2.72. The number of Topliss-reactive ketones (excluding diaryl/α,β-unsaturated/α-hetero) is 1. The lowest BCUT2D eigenvalue weighted by molar-refractivity contribution is 0.101. The van der Waals surface area contributed by atoms with Crippen LogP contribution in [0.5, 0.6) is 0 Å². The number of anilines is 2. The average molecular weight is 389 g/mol. The highest BCUT2D eigenvalue weighted by molar-refractivity contribution is 6.03. The van der Waals surface area contributed by atoms with Gasteiger partial charge in [0.25, 0.3) is 5.91 Å². The molecule has 0 aliphatic heterocycles. The van der Waals surface area contributed by atoms with E-state index in [0.717, 1.165) is 6.42 Å². The van der Waals surface area contributed by atoms with Crippen molar-refractivity contribution >= 4 is 23.3 Å². The van der Waals surface area contributed by atoms with Gasteiger partial charge in [-0.15, -0.1) is 0 Å². The van der Waals surface area contributed by atoms with Gasteiger partial charge in [0.2, 0.25) is 5.95 Å². The molecule has 0 bridgehead atoms. The monoisotopic (exact) mass is 389 g/mol. The zero-order valence-electron chi connectivity index (χ0n) is 16.7. The smallest absolute Gasteiger partial charge is 0.274 e. The summed E-state index contributed by atoms with van der Waals surface area (Å²) < 4.78 is 0. The Hall–Kier alpha value is -3.61. The quantitative estimate of drug-likeness (QED) is 0.624. The number of nitrogens with zero attached hydrogens (tertiary/aromatic N) is 4. The number of aryl methyl sites for hydroxylation is 1. The number of carbonyl (C=O) groups excluding carboxylic acids is 2. The number of likely N-dealkylation sites (N-methyl/N-ethyl adjacent to an activating group) is 1. The molecule has 1 aromatic carbocycles. The minimum absolute atomic E-state index is 0.0197. The van der Waals surface area contributed by atoms with E-state index in [0.29, 0.717) is 35.1 Å². The third-order valence-corrected chi connectivity index (χ3v) is 4.45. The minimum Gasteiger partial charge on any atom is -0.344 e. The van der Waals surface area contributed by atoms with Crippen molar-refractivity contribution in [3.8, 4) is 0 Å². The van der Waals surface area contributed by atoms with Crippen molar-refractivity contribution in [2.24, 2.45) is 0 Å².